The second-order valence-electron chi connectivity index (χ2n) is 8.03. The number of carbonyl (C=O) groups excluding carboxylic acids is 1. The Balaban J connectivity index is 1.55. The predicted octanol–water partition coefficient (Wildman–Crippen LogP) is 5.17. The largest absolute Gasteiger partial charge is 0.462 e. The van der Waals surface area contributed by atoms with Gasteiger partial charge in [0.1, 0.15) is 6.10 Å². The Morgan fingerprint density at radius 2 is 2.09 bits per heavy atom. The molecule has 1 aliphatic heterocycles. The van der Waals surface area contributed by atoms with Crippen molar-refractivity contribution in [2.45, 2.75) is 71.1 Å². The molecule has 3 aliphatic rings. The molecule has 124 valence electrons. The second-order valence-corrected chi connectivity index (χ2v) is 10.3. The number of ether oxygens (including phenoxy) is 1. The quantitative estimate of drug-likeness (QED) is 0.527. The van der Waals surface area contributed by atoms with Crippen molar-refractivity contribution in [1.29, 1.82) is 0 Å². The van der Waals surface area contributed by atoms with Crippen LogP contribution in [0.15, 0.2) is 11.9 Å². The van der Waals surface area contributed by atoms with Crippen LogP contribution in [-0.4, -0.2) is 23.9 Å². The van der Waals surface area contributed by atoms with Gasteiger partial charge in [-0.15, -0.1) is 0 Å². The van der Waals surface area contributed by atoms with Gasteiger partial charge in [0.2, 0.25) is 0 Å². The van der Waals surface area contributed by atoms with Gasteiger partial charge in [0.15, 0.2) is 0 Å². The van der Waals surface area contributed by atoms with Gasteiger partial charge in [-0.3, -0.25) is 4.79 Å². The average molecular weight is 322 g/mol. The lowest BCUT2D eigenvalue weighted by molar-refractivity contribution is -0.152. The molecular weight excluding hydrogens is 291 g/mol. The summed E-state index contributed by atoms with van der Waals surface area (Å²) in [5, 5.41) is 0. The molecule has 0 N–H and O–H groups in total. The van der Waals surface area contributed by atoms with Gasteiger partial charge in [-0.1, -0.05) is 53.4 Å². The third-order valence-electron chi connectivity index (χ3n) is 6.04. The summed E-state index contributed by atoms with van der Waals surface area (Å²) in [5.74, 6) is 5.08. The van der Waals surface area contributed by atoms with Gasteiger partial charge in [-0.25, -0.2) is 0 Å². The normalized spacial score (nSPS) is 40.9. The zero-order valence-electron chi connectivity index (χ0n) is 14.3. The molecule has 3 rings (SSSR count). The van der Waals surface area contributed by atoms with E-state index in [1.807, 2.05) is 0 Å². The number of hydrogen-bond acceptors (Lipinski definition) is 2. The first kappa shape index (κ1) is 16.5. The molecule has 1 heterocycles. The van der Waals surface area contributed by atoms with E-state index < -0.39 is 0 Å². The summed E-state index contributed by atoms with van der Waals surface area (Å²) in [7, 11) is -0.248. The van der Waals surface area contributed by atoms with Gasteiger partial charge in [-0.05, 0) is 55.0 Å². The molecule has 0 aromatic carbocycles. The Labute approximate surface area is 136 Å². The molecule has 0 bridgehead atoms. The van der Waals surface area contributed by atoms with Crippen molar-refractivity contribution in [1.82, 2.24) is 0 Å². The van der Waals surface area contributed by atoms with E-state index >= 15 is 0 Å². The molecule has 2 fully saturated rings. The number of carbonyl (C=O) groups is 1. The van der Waals surface area contributed by atoms with Crippen LogP contribution in [0.5, 0.6) is 0 Å². The topological polar surface area (TPSA) is 26.3 Å². The lowest BCUT2D eigenvalue weighted by Crippen LogP contribution is -2.36. The Morgan fingerprint density at radius 3 is 2.86 bits per heavy atom. The maximum Gasteiger partial charge on any atom is 0.310 e. The van der Waals surface area contributed by atoms with Crippen molar-refractivity contribution in [2.75, 3.05) is 6.16 Å². The highest BCUT2D eigenvalue weighted by Crippen LogP contribution is 2.57. The van der Waals surface area contributed by atoms with E-state index in [4.69, 9.17) is 4.74 Å². The SMILES string of the molecule is CC(C)[C@H]1CC[C@H](C)C[C@@H]1OC(=O)CP1C=C[C@H]2CCC[C@H]21. The third-order valence-corrected chi connectivity index (χ3v) is 8.71. The van der Waals surface area contributed by atoms with E-state index in [-0.39, 0.29) is 20.0 Å². The molecular formula is C19H31O2P. The van der Waals surface area contributed by atoms with Crippen molar-refractivity contribution >= 4 is 13.9 Å². The summed E-state index contributed by atoms with van der Waals surface area (Å²) in [4.78, 5) is 12.5. The molecule has 0 spiro atoms. The summed E-state index contributed by atoms with van der Waals surface area (Å²) < 4.78 is 5.99. The van der Waals surface area contributed by atoms with Gasteiger partial charge in [0.25, 0.3) is 0 Å². The van der Waals surface area contributed by atoms with Gasteiger partial charge >= 0.3 is 5.97 Å². The first-order valence-electron chi connectivity index (χ1n) is 9.18. The molecule has 3 heteroatoms. The Hall–Kier alpha value is -0.360. The fourth-order valence-corrected chi connectivity index (χ4v) is 7.34. The molecule has 1 unspecified atom stereocenters. The molecule has 0 aromatic rings. The fourth-order valence-electron chi connectivity index (χ4n) is 4.71. The number of rotatable bonds is 4. The van der Waals surface area contributed by atoms with Crippen LogP contribution in [0.4, 0.5) is 0 Å². The van der Waals surface area contributed by atoms with Crippen LogP contribution in [0.2, 0.25) is 0 Å². The zero-order valence-corrected chi connectivity index (χ0v) is 15.2. The van der Waals surface area contributed by atoms with Crippen LogP contribution in [0, 0.1) is 23.7 Å². The molecule has 0 amide bonds. The maximum absolute atomic E-state index is 12.5. The molecule has 2 saturated carbocycles. The van der Waals surface area contributed by atoms with Gasteiger partial charge < -0.3 is 4.74 Å². The number of fused-ring (bicyclic) bond motifs is 1. The minimum Gasteiger partial charge on any atom is -0.462 e. The van der Waals surface area contributed by atoms with Gasteiger partial charge in [0.05, 0.1) is 6.16 Å². The summed E-state index contributed by atoms with van der Waals surface area (Å²) >= 11 is 0. The number of allylic oxidation sites excluding steroid dienone is 1. The van der Waals surface area contributed by atoms with Crippen LogP contribution in [0.1, 0.15) is 59.3 Å². The molecule has 0 aromatic heterocycles. The van der Waals surface area contributed by atoms with Crippen LogP contribution >= 0.6 is 7.92 Å². The summed E-state index contributed by atoms with van der Waals surface area (Å²) in [6, 6.07) is 0. The van der Waals surface area contributed by atoms with E-state index in [9.17, 15) is 4.79 Å². The smallest absolute Gasteiger partial charge is 0.310 e. The lowest BCUT2D eigenvalue weighted by atomic mass is 9.75. The van der Waals surface area contributed by atoms with E-state index in [0.29, 0.717) is 23.9 Å². The van der Waals surface area contributed by atoms with Crippen molar-refractivity contribution in [3.8, 4) is 0 Å². The Kier molecular flexibility index (Phi) is 5.28. The van der Waals surface area contributed by atoms with E-state index in [1.54, 1.807) is 0 Å². The Bertz CT molecular complexity index is 431. The van der Waals surface area contributed by atoms with Gasteiger partial charge in [0, 0.05) is 0 Å². The summed E-state index contributed by atoms with van der Waals surface area (Å²) in [5.41, 5.74) is 0.786. The standard InChI is InChI=1S/C19H31O2P/c1-13(2)16-8-7-14(3)11-17(16)21-19(20)12-22-10-9-15-5-4-6-18(15)22/h9-10,13-18H,4-8,11-12H2,1-3H3/t14-,15+,16+,17-,18+,22?/m0/s1. The molecule has 22 heavy (non-hydrogen) atoms. The van der Waals surface area contributed by atoms with Crippen LogP contribution in [-0.2, 0) is 9.53 Å². The second kappa shape index (κ2) is 7.04. The first-order chi connectivity index (χ1) is 10.5. The Morgan fingerprint density at radius 1 is 1.27 bits per heavy atom. The summed E-state index contributed by atoms with van der Waals surface area (Å²) in [6.07, 6.45) is 10.8. The molecule has 2 nitrogen and oxygen atoms in total. The van der Waals surface area contributed by atoms with Crippen molar-refractivity contribution in [3.05, 3.63) is 11.9 Å². The highest BCUT2D eigenvalue weighted by atomic mass is 31.1. The van der Waals surface area contributed by atoms with Crippen molar-refractivity contribution in [3.63, 3.8) is 0 Å². The van der Waals surface area contributed by atoms with Crippen molar-refractivity contribution in [2.24, 2.45) is 23.7 Å². The average Bonchev–Trinajstić information content (AvgIpc) is 3.03. The first-order valence-corrected chi connectivity index (χ1v) is 10.8. The van der Waals surface area contributed by atoms with E-state index in [2.05, 4.69) is 32.7 Å². The molecule has 6 atom stereocenters. The number of hydrogen-bond donors (Lipinski definition) is 0. The molecule has 0 saturated heterocycles. The van der Waals surface area contributed by atoms with Crippen molar-refractivity contribution < 1.29 is 9.53 Å². The fraction of sp³-hybridized carbons (Fsp3) is 0.842. The lowest BCUT2D eigenvalue weighted by Gasteiger charge is -2.37. The van der Waals surface area contributed by atoms with Crippen LogP contribution in [0.3, 0.4) is 0 Å². The monoisotopic (exact) mass is 322 g/mol. The minimum absolute atomic E-state index is 0.0769. The van der Waals surface area contributed by atoms with Gasteiger partial charge in [-0.2, -0.15) is 0 Å². The maximum atomic E-state index is 12.5. The highest BCUT2D eigenvalue weighted by Gasteiger charge is 2.38. The minimum atomic E-state index is -0.248. The number of esters is 1. The zero-order chi connectivity index (χ0) is 15.7. The predicted molar refractivity (Wildman–Crippen MR) is 93.3 cm³/mol. The van der Waals surface area contributed by atoms with E-state index in [0.717, 1.165) is 18.0 Å². The van der Waals surface area contributed by atoms with Crippen LogP contribution < -0.4 is 0 Å². The molecule has 0 radical (unpaired) electrons. The van der Waals surface area contributed by atoms with Crippen LogP contribution in [0.25, 0.3) is 0 Å². The third kappa shape index (κ3) is 3.58. The molecule has 2 aliphatic carbocycles. The highest BCUT2D eigenvalue weighted by molar-refractivity contribution is 7.62. The summed E-state index contributed by atoms with van der Waals surface area (Å²) in [6.45, 7) is 6.84. The van der Waals surface area contributed by atoms with E-state index in [1.165, 1.54) is 32.1 Å².